The van der Waals surface area contributed by atoms with Crippen molar-refractivity contribution >= 4 is 27.5 Å². The fourth-order valence-corrected chi connectivity index (χ4v) is 4.75. The van der Waals surface area contributed by atoms with Crippen LogP contribution < -0.4 is 14.4 Å². The third-order valence-electron chi connectivity index (χ3n) is 5.62. The maximum absolute atomic E-state index is 13.7. The molecule has 1 N–H and O–H groups in total. The topological polar surface area (TPSA) is 96.0 Å². The molecule has 35 heavy (non-hydrogen) atoms. The highest BCUT2D eigenvalue weighted by Gasteiger charge is 2.32. The summed E-state index contributed by atoms with van der Waals surface area (Å²) in [7, 11) is -2.22. The first kappa shape index (κ1) is 28.2. The van der Waals surface area contributed by atoms with Crippen molar-refractivity contribution in [3.8, 4) is 5.75 Å². The van der Waals surface area contributed by atoms with Crippen LogP contribution in [-0.2, 0) is 26.2 Å². The van der Waals surface area contributed by atoms with Gasteiger partial charge in [-0.15, -0.1) is 0 Å². The van der Waals surface area contributed by atoms with E-state index in [0.717, 1.165) is 27.3 Å². The quantitative estimate of drug-likeness (QED) is 0.507. The summed E-state index contributed by atoms with van der Waals surface area (Å²) >= 11 is 0. The van der Waals surface area contributed by atoms with Gasteiger partial charge in [0.15, 0.2) is 0 Å². The average molecular weight is 504 g/mol. The van der Waals surface area contributed by atoms with Crippen LogP contribution in [0.3, 0.4) is 0 Å². The molecule has 0 spiro atoms. The van der Waals surface area contributed by atoms with Gasteiger partial charge in [0.2, 0.25) is 21.8 Å². The molecule has 0 saturated heterocycles. The van der Waals surface area contributed by atoms with Crippen LogP contribution in [0.4, 0.5) is 5.69 Å². The van der Waals surface area contributed by atoms with Crippen LogP contribution in [0.2, 0.25) is 0 Å². The van der Waals surface area contributed by atoms with E-state index in [1.165, 1.54) is 4.90 Å². The Morgan fingerprint density at radius 3 is 2.34 bits per heavy atom. The average Bonchev–Trinajstić information content (AvgIpc) is 2.77. The Bertz CT molecular complexity index is 1150. The summed E-state index contributed by atoms with van der Waals surface area (Å²) in [4.78, 5) is 28.2. The summed E-state index contributed by atoms with van der Waals surface area (Å²) < 4.78 is 32.0. The third-order valence-corrected chi connectivity index (χ3v) is 6.74. The van der Waals surface area contributed by atoms with Crippen molar-refractivity contribution in [1.82, 2.24) is 10.2 Å². The van der Waals surface area contributed by atoms with Crippen molar-refractivity contribution < 1.29 is 22.7 Å². The third kappa shape index (κ3) is 7.71. The molecule has 2 aromatic carbocycles. The van der Waals surface area contributed by atoms with Crippen molar-refractivity contribution in [3.05, 3.63) is 59.2 Å². The zero-order chi connectivity index (χ0) is 26.3. The van der Waals surface area contributed by atoms with Gasteiger partial charge in [0.05, 0.1) is 19.1 Å². The summed E-state index contributed by atoms with van der Waals surface area (Å²) in [6, 6.07) is 11.8. The number of hydrogen-bond acceptors (Lipinski definition) is 5. The maximum Gasteiger partial charge on any atom is 0.244 e. The Morgan fingerprint density at radius 1 is 1.09 bits per heavy atom. The number of nitrogens with zero attached hydrogens (tertiary/aromatic N) is 2. The number of rotatable bonds is 11. The van der Waals surface area contributed by atoms with E-state index in [4.69, 9.17) is 4.74 Å². The number of amides is 2. The number of sulfonamides is 1. The molecule has 0 bridgehead atoms. The lowest BCUT2D eigenvalue weighted by Crippen LogP contribution is -2.53. The molecule has 0 saturated carbocycles. The minimum atomic E-state index is -3.78. The van der Waals surface area contributed by atoms with Gasteiger partial charge in [-0.25, -0.2) is 8.42 Å². The molecular formula is C26H37N3O5S. The molecular weight excluding hydrogens is 466 g/mol. The van der Waals surface area contributed by atoms with Gasteiger partial charge in [0, 0.05) is 12.6 Å². The molecule has 2 aromatic rings. The summed E-state index contributed by atoms with van der Waals surface area (Å²) in [5.41, 5.74) is 2.83. The molecule has 0 heterocycles. The smallest absolute Gasteiger partial charge is 0.244 e. The first-order valence-corrected chi connectivity index (χ1v) is 13.5. The maximum atomic E-state index is 13.7. The Balaban J connectivity index is 2.50. The molecule has 0 aromatic heterocycles. The van der Waals surface area contributed by atoms with E-state index in [9.17, 15) is 18.0 Å². The molecule has 0 radical (unpaired) electrons. The lowest BCUT2D eigenvalue weighted by molar-refractivity contribution is -0.140. The molecule has 1 atom stereocenters. The van der Waals surface area contributed by atoms with Crippen molar-refractivity contribution in [2.24, 2.45) is 0 Å². The minimum Gasteiger partial charge on any atom is -0.497 e. The predicted octanol–water partition coefficient (Wildman–Crippen LogP) is 3.41. The molecule has 0 aliphatic rings. The lowest BCUT2D eigenvalue weighted by Gasteiger charge is -2.33. The van der Waals surface area contributed by atoms with E-state index in [2.05, 4.69) is 5.32 Å². The van der Waals surface area contributed by atoms with Crippen molar-refractivity contribution in [1.29, 1.82) is 0 Å². The van der Waals surface area contributed by atoms with E-state index in [-0.39, 0.29) is 18.5 Å². The Labute approximate surface area is 209 Å². The Hall–Kier alpha value is -3.07. The van der Waals surface area contributed by atoms with Crippen LogP contribution in [-0.4, -0.2) is 57.1 Å². The molecule has 0 fully saturated rings. The van der Waals surface area contributed by atoms with Crippen LogP contribution in [0.25, 0.3) is 0 Å². The van der Waals surface area contributed by atoms with Gasteiger partial charge < -0.3 is 15.0 Å². The largest absolute Gasteiger partial charge is 0.497 e. The fourth-order valence-electron chi connectivity index (χ4n) is 3.85. The molecule has 9 heteroatoms. The van der Waals surface area contributed by atoms with Gasteiger partial charge in [0.25, 0.3) is 0 Å². The standard InChI is InChI=1S/C26H37N3O5S/c1-8-23(26(31)27-18(2)3)28(16-21-10-9-11-22(15-21)34-6)25(30)17-29(35(7,32)33)24-14-19(4)12-13-20(24)5/h9-15,18,23H,8,16-17H2,1-7H3,(H,27,31)/t23-/m0/s1. The van der Waals surface area contributed by atoms with E-state index in [1.54, 1.807) is 32.2 Å². The SMILES string of the molecule is CC[C@@H](C(=O)NC(C)C)N(Cc1cccc(OC)c1)C(=O)CN(c1cc(C)ccc1C)S(C)(=O)=O. The van der Waals surface area contributed by atoms with Crippen molar-refractivity contribution in [2.45, 2.75) is 59.7 Å². The monoisotopic (exact) mass is 503 g/mol. The van der Waals surface area contributed by atoms with Gasteiger partial charge in [-0.3, -0.25) is 13.9 Å². The molecule has 2 rings (SSSR count). The van der Waals surface area contributed by atoms with Gasteiger partial charge in [-0.2, -0.15) is 0 Å². The van der Waals surface area contributed by atoms with Crippen molar-refractivity contribution in [3.63, 3.8) is 0 Å². The zero-order valence-corrected chi connectivity index (χ0v) is 22.5. The normalized spacial score (nSPS) is 12.2. The first-order chi connectivity index (χ1) is 16.4. The number of carbonyl (C=O) groups excluding carboxylic acids is 2. The van der Waals surface area contributed by atoms with E-state index in [1.807, 2.05) is 52.0 Å². The minimum absolute atomic E-state index is 0.104. The summed E-state index contributed by atoms with van der Waals surface area (Å²) in [5, 5.41) is 2.88. The molecule has 192 valence electrons. The van der Waals surface area contributed by atoms with Gasteiger partial charge in [0.1, 0.15) is 18.3 Å². The number of nitrogens with one attached hydrogen (secondary N) is 1. The van der Waals surface area contributed by atoms with E-state index < -0.39 is 28.5 Å². The van der Waals surface area contributed by atoms with Crippen LogP contribution in [0.1, 0.15) is 43.9 Å². The summed E-state index contributed by atoms with van der Waals surface area (Å²) in [6.45, 7) is 8.91. The van der Waals surface area contributed by atoms with Crippen molar-refractivity contribution in [2.75, 3.05) is 24.2 Å². The number of carbonyl (C=O) groups is 2. The predicted molar refractivity (Wildman–Crippen MR) is 139 cm³/mol. The highest BCUT2D eigenvalue weighted by molar-refractivity contribution is 7.92. The molecule has 0 unspecified atom stereocenters. The molecule has 0 aliphatic carbocycles. The van der Waals surface area contributed by atoms with E-state index >= 15 is 0 Å². The summed E-state index contributed by atoms with van der Waals surface area (Å²) in [5.74, 6) is -0.121. The van der Waals surface area contributed by atoms with Crippen LogP contribution in [0, 0.1) is 13.8 Å². The van der Waals surface area contributed by atoms with E-state index in [0.29, 0.717) is 17.9 Å². The number of aryl methyl sites for hydroxylation is 2. The number of hydrogen-bond donors (Lipinski definition) is 1. The molecule has 2 amide bonds. The van der Waals surface area contributed by atoms with Crippen LogP contribution >= 0.6 is 0 Å². The fraction of sp³-hybridized carbons (Fsp3) is 0.462. The highest BCUT2D eigenvalue weighted by atomic mass is 32.2. The lowest BCUT2D eigenvalue weighted by atomic mass is 10.1. The van der Waals surface area contributed by atoms with Gasteiger partial charge in [-0.05, 0) is 69.0 Å². The highest BCUT2D eigenvalue weighted by Crippen LogP contribution is 2.25. The summed E-state index contributed by atoms with van der Waals surface area (Å²) in [6.07, 6.45) is 1.45. The number of methoxy groups -OCH3 is 1. The number of ether oxygens (including phenoxy) is 1. The zero-order valence-electron chi connectivity index (χ0n) is 21.7. The molecule has 8 nitrogen and oxygen atoms in total. The number of benzene rings is 2. The second kappa shape index (κ2) is 12.1. The van der Waals surface area contributed by atoms with Crippen LogP contribution in [0.15, 0.2) is 42.5 Å². The Kier molecular flexibility index (Phi) is 9.71. The Morgan fingerprint density at radius 2 is 1.77 bits per heavy atom. The van der Waals surface area contributed by atoms with Crippen LogP contribution in [0.5, 0.6) is 5.75 Å². The first-order valence-electron chi connectivity index (χ1n) is 11.6. The van der Waals surface area contributed by atoms with Gasteiger partial charge >= 0.3 is 0 Å². The number of anilines is 1. The van der Waals surface area contributed by atoms with Gasteiger partial charge in [-0.1, -0.05) is 31.2 Å². The second-order valence-electron chi connectivity index (χ2n) is 9.02. The molecule has 0 aliphatic heterocycles. The second-order valence-corrected chi connectivity index (χ2v) is 10.9.